The molecule has 3 rings (SSSR count). The van der Waals surface area contributed by atoms with Crippen molar-refractivity contribution in [2.45, 2.75) is 43.5 Å². The Morgan fingerprint density at radius 3 is 2.79 bits per heavy atom. The second kappa shape index (κ2) is 9.75. The molecule has 0 spiro atoms. The van der Waals surface area contributed by atoms with Crippen molar-refractivity contribution in [1.29, 1.82) is 0 Å². The van der Waals surface area contributed by atoms with Crippen molar-refractivity contribution >= 4 is 40.6 Å². The van der Waals surface area contributed by atoms with Crippen LogP contribution >= 0.6 is 23.1 Å². The maximum absolute atomic E-state index is 12.1. The molecule has 0 aliphatic carbocycles. The van der Waals surface area contributed by atoms with E-state index in [0.29, 0.717) is 5.69 Å². The lowest BCUT2D eigenvalue weighted by atomic mass is 9.94. The van der Waals surface area contributed by atoms with E-state index in [4.69, 9.17) is 9.94 Å². The van der Waals surface area contributed by atoms with Crippen molar-refractivity contribution in [3.63, 3.8) is 0 Å². The van der Waals surface area contributed by atoms with Gasteiger partial charge < -0.3 is 10.1 Å². The van der Waals surface area contributed by atoms with Gasteiger partial charge in [0.1, 0.15) is 6.10 Å². The molecule has 1 aromatic heterocycles. The third-order valence-corrected chi connectivity index (χ3v) is 8.20. The van der Waals surface area contributed by atoms with Crippen LogP contribution in [0, 0.1) is 0 Å². The molecule has 2 heterocycles. The number of nitrogens with one attached hydrogen (secondary N) is 2. The summed E-state index contributed by atoms with van der Waals surface area (Å²) in [6, 6.07) is 11.9. The number of hydrogen-bond donors (Lipinski definition) is 3. The molecule has 1 aliphatic heterocycles. The van der Waals surface area contributed by atoms with Crippen LogP contribution in [0.15, 0.2) is 36.4 Å². The Morgan fingerprint density at radius 1 is 1.28 bits per heavy atom. The van der Waals surface area contributed by atoms with Crippen LogP contribution in [0.4, 0.5) is 5.69 Å². The van der Waals surface area contributed by atoms with E-state index in [9.17, 15) is 9.59 Å². The summed E-state index contributed by atoms with van der Waals surface area (Å²) in [6.45, 7) is 1.70. The zero-order valence-corrected chi connectivity index (χ0v) is 18.2. The predicted octanol–water partition coefficient (Wildman–Crippen LogP) is 4.40. The summed E-state index contributed by atoms with van der Waals surface area (Å²) in [5.74, 6) is 0.459. The Balaban J connectivity index is 1.84. The summed E-state index contributed by atoms with van der Waals surface area (Å²) >= 11 is 3.46. The normalized spacial score (nSPS) is 20.1. The third kappa shape index (κ3) is 5.19. The van der Waals surface area contributed by atoms with Gasteiger partial charge in [-0.3, -0.25) is 14.8 Å². The Labute approximate surface area is 179 Å². The average molecular weight is 435 g/mol. The second-order valence-corrected chi connectivity index (χ2v) is 9.69. The van der Waals surface area contributed by atoms with E-state index < -0.39 is 6.10 Å². The van der Waals surface area contributed by atoms with E-state index in [1.807, 2.05) is 24.3 Å². The van der Waals surface area contributed by atoms with E-state index in [0.717, 1.165) is 40.3 Å². The number of rotatable bonds is 7. The highest BCUT2D eigenvalue weighted by atomic mass is 32.2. The fourth-order valence-electron chi connectivity index (χ4n) is 3.41. The molecule has 6 nitrogen and oxygen atoms in total. The molecule has 0 bridgehead atoms. The van der Waals surface area contributed by atoms with Crippen LogP contribution in [0.1, 0.15) is 37.5 Å². The standard InChI is InChI=1S/C21H26N2O4S2/c1-14(27-2)20(25)22-16-7-5-6-15(12-16)17-8-9-18(29-17)21(13-19(24)23-26)10-3-4-11-28-21/h5-9,12,14,26H,3-4,10-11,13H2,1-2H3,(H,22,25)(H,23,24)/t14-,21+/m1/s1. The zero-order chi connectivity index (χ0) is 20.9. The van der Waals surface area contributed by atoms with Crippen molar-refractivity contribution in [3.05, 3.63) is 41.3 Å². The van der Waals surface area contributed by atoms with E-state index in [1.165, 1.54) is 7.11 Å². The average Bonchev–Trinajstić information content (AvgIpc) is 3.25. The van der Waals surface area contributed by atoms with Crippen LogP contribution < -0.4 is 10.8 Å². The second-order valence-electron chi connectivity index (χ2n) is 7.12. The molecule has 156 valence electrons. The number of anilines is 1. The molecule has 29 heavy (non-hydrogen) atoms. The Bertz CT molecular complexity index is 862. The topological polar surface area (TPSA) is 87.7 Å². The highest BCUT2D eigenvalue weighted by Gasteiger charge is 2.38. The van der Waals surface area contributed by atoms with Gasteiger partial charge in [0.05, 0.1) is 4.75 Å². The Kier molecular flexibility index (Phi) is 7.34. The lowest BCUT2D eigenvalue weighted by Gasteiger charge is -2.35. The van der Waals surface area contributed by atoms with Crippen LogP contribution in [0.5, 0.6) is 0 Å². The van der Waals surface area contributed by atoms with Crippen molar-refractivity contribution < 1.29 is 19.5 Å². The number of hydrogen-bond acceptors (Lipinski definition) is 6. The monoisotopic (exact) mass is 434 g/mol. The first-order valence-corrected chi connectivity index (χ1v) is 11.4. The van der Waals surface area contributed by atoms with Crippen molar-refractivity contribution in [2.75, 3.05) is 18.2 Å². The van der Waals surface area contributed by atoms with Gasteiger partial charge in [-0.15, -0.1) is 23.1 Å². The van der Waals surface area contributed by atoms with Crippen LogP contribution in [-0.4, -0.2) is 36.0 Å². The van der Waals surface area contributed by atoms with Gasteiger partial charge in [0.25, 0.3) is 5.91 Å². The minimum atomic E-state index is -0.521. The molecule has 0 radical (unpaired) electrons. The number of thiophene rings is 1. The molecule has 2 aromatic rings. The molecular formula is C21H26N2O4S2. The lowest BCUT2D eigenvalue weighted by Crippen LogP contribution is -2.32. The number of amides is 2. The number of carbonyl (C=O) groups excluding carboxylic acids is 2. The van der Waals surface area contributed by atoms with Crippen molar-refractivity contribution in [2.24, 2.45) is 0 Å². The predicted molar refractivity (Wildman–Crippen MR) is 117 cm³/mol. The lowest BCUT2D eigenvalue weighted by molar-refractivity contribution is -0.130. The SMILES string of the molecule is CO[C@H](C)C(=O)Nc1cccc(-c2ccc([C@@]3(CC(=O)NO)CCCCS3)s2)c1. The van der Waals surface area contributed by atoms with E-state index in [-0.39, 0.29) is 23.0 Å². The van der Waals surface area contributed by atoms with Gasteiger partial charge in [-0.1, -0.05) is 18.6 Å². The largest absolute Gasteiger partial charge is 0.372 e. The van der Waals surface area contributed by atoms with Crippen LogP contribution in [0.2, 0.25) is 0 Å². The van der Waals surface area contributed by atoms with Gasteiger partial charge in [-0.2, -0.15) is 0 Å². The maximum atomic E-state index is 12.1. The van der Waals surface area contributed by atoms with Gasteiger partial charge in [0.15, 0.2) is 0 Å². The molecule has 0 unspecified atom stereocenters. The highest BCUT2D eigenvalue weighted by Crippen LogP contribution is 2.50. The number of ether oxygens (including phenoxy) is 1. The first kappa shape index (κ1) is 21.8. The fourth-order valence-corrected chi connectivity index (χ4v) is 6.30. The molecular weight excluding hydrogens is 408 g/mol. The molecule has 1 aromatic carbocycles. The fraction of sp³-hybridized carbons (Fsp3) is 0.429. The van der Waals surface area contributed by atoms with Gasteiger partial charge in [0.2, 0.25) is 5.91 Å². The number of thioether (sulfide) groups is 1. The van der Waals surface area contributed by atoms with Crippen LogP contribution in [0.3, 0.4) is 0 Å². The van der Waals surface area contributed by atoms with Crippen molar-refractivity contribution in [1.82, 2.24) is 5.48 Å². The van der Waals surface area contributed by atoms with Gasteiger partial charge >= 0.3 is 0 Å². The minimum absolute atomic E-state index is 0.191. The van der Waals surface area contributed by atoms with E-state index in [1.54, 1.807) is 35.5 Å². The zero-order valence-electron chi connectivity index (χ0n) is 16.6. The molecule has 1 fully saturated rings. The summed E-state index contributed by atoms with van der Waals surface area (Å²) in [7, 11) is 1.50. The van der Waals surface area contributed by atoms with Crippen LogP contribution in [-0.2, 0) is 19.1 Å². The molecule has 0 saturated carbocycles. The van der Waals surface area contributed by atoms with Gasteiger partial charge in [0, 0.05) is 29.0 Å². The quantitative estimate of drug-likeness (QED) is 0.444. The number of benzene rings is 1. The Morgan fingerprint density at radius 2 is 2.10 bits per heavy atom. The highest BCUT2D eigenvalue weighted by molar-refractivity contribution is 8.00. The minimum Gasteiger partial charge on any atom is -0.372 e. The molecule has 8 heteroatoms. The molecule has 2 atom stereocenters. The maximum Gasteiger partial charge on any atom is 0.253 e. The number of methoxy groups -OCH3 is 1. The smallest absolute Gasteiger partial charge is 0.253 e. The summed E-state index contributed by atoms with van der Waals surface area (Å²) in [5.41, 5.74) is 3.51. The van der Waals surface area contributed by atoms with Gasteiger partial charge in [-0.05, 0) is 55.3 Å². The summed E-state index contributed by atoms with van der Waals surface area (Å²) < 4.78 is 4.76. The number of carbonyl (C=O) groups is 2. The first-order chi connectivity index (χ1) is 14.0. The molecule has 2 amide bonds. The summed E-state index contributed by atoms with van der Waals surface area (Å²) in [5, 5.41) is 11.9. The third-order valence-electron chi connectivity index (χ3n) is 5.12. The van der Waals surface area contributed by atoms with Crippen molar-refractivity contribution in [3.8, 4) is 10.4 Å². The molecule has 3 N–H and O–H groups in total. The molecule has 1 aliphatic rings. The summed E-state index contributed by atoms with van der Waals surface area (Å²) in [4.78, 5) is 26.2. The van der Waals surface area contributed by atoms with Crippen LogP contribution in [0.25, 0.3) is 10.4 Å². The Hall–Kier alpha value is -1.87. The van der Waals surface area contributed by atoms with E-state index in [2.05, 4.69) is 17.4 Å². The number of hydroxylamine groups is 1. The first-order valence-electron chi connectivity index (χ1n) is 9.59. The molecule has 1 saturated heterocycles. The van der Waals surface area contributed by atoms with Gasteiger partial charge in [-0.25, -0.2) is 5.48 Å². The summed E-state index contributed by atoms with van der Waals surface area (Å²) in [6.07, 6.45) is 2.87. The van der Waals surface area contributed by atoms with E-state index >= 15 is 0 Å².